The van der Waals surface area contributed by atoms with Gasteiger partial charge in [-0.25, -0.2) is 0 Å². The molecule has 1 amide bonds. The van der Waals surface area contributed by atoms with Crippen molar-refractivity contribution in [1.29, 1.82) is 0 Å². The van der Waals surface area contributed by atoms with E-state index in [1.54, 1.807) is 0 Å². The number of hydrogen-bond donors (Lipinski definition) is 2. The molecular weight excluding hydrogens is 240 g/mol. The Morgan fingerprint density at radius 1 is 1.37 bits per heavy atom. The molecular formula is C15H18N2O2. The Hall–Kier alpha value is -1.55. The van der Waals surface area contributed by atoms with Gasteiger partial charge in [-0.05, 0) is 43.0 Å². The predicted molar refractivity (Wildman–Crippen MR) is 72.3 cm³/mol. The van der Waals surface area contributed by atoms with Crippen molar-refractivity contribution in [2.75, 3.05) is 11.9 Å². The largest absolute Gasteiger partial charge is 0.493 e. The molecule has 3 aliphatic rings. The summed E-state index contributed by atoms with van der Waals surface area (Å²) < 4.78 is 5.48. The molecule has 19 heavy (non-hydrogen) atoms. The quantitative estimate of drug-likeness (QED) is 0.849. The summed E-state index contributed by atoms with van der Waals surface area (Å²) in [5.41, 5.74) is 2.10. The van der Waals surface area contributed by atoms with E-state index < -0.39 is 0 Å². The molecule has 3 atom stereocenters. The third kappa shape index (κ3) is 1.91. The average Bonchev–Trinajstić information content (AvgIpc) is 3.13. The highest BCUT2D eigenvalue weighted by atomic mass is 16.5. The molecule has 0 radical (unpaired) electrons. The van der Waals surface area contributed by atoms with E-state index in [-0.39, 0.29) is 11.8 Å². The minimum atomic E-state index is 0.142. The summed E-state index contributed by atoms with van der Waals surface area (Å²) in [7, 11) is 0. The first-order valence-corrected chi connectivity index (χ1v) is 7.12. The number of carbonyl (C=O) groups excluding carboxylic acids is 1. The number of rotatable bonds is 2. The first-order valence-electron chi connectivity index (χ1n) is 7.12. The van der Waals surface area contributed by atoms with E-state index in [0.717, 1.165) is 37.3 Å². The van der Waals surface area contributed by atoms with Gasteiger partial charge < -0.3 is 15.4 Å². The van der Waals surface area contributed by atoms with Crippen LogP contribution in [-0.2, 0) is 11.2 Å². The Morgan fingerprint density at radius 3 is 3.11 bits per heavy atom. The van der Waals surface area contributed by atoms with Crippen LogP contribution in [0.4, 0.5) is 5.69 Å². The molecule has 4 nitrogen and oxygen atoms in total. The molecule has 3 unspecified atom stereocenters. The van der Waals surface area contributed by atoms with Crippen LogP contribution >= 0.6 is 0 Å². The number of benzene rings is 1. The number of carbonyl (C=O) groups is 1. The number of anilines is 1. The number of amides is 1. The number of fused-ring (bicyclic) bond motifs is 3. The molecule has 0 aromatic heterocycles. The zero-order valence-electron chi connectivity index (χ0n) is 10.8. The van der Waals surface area contributed by atoms with Crippen molar-refractivity contribution in [2.24, 2.45) is 5.92 Å². The minimum absolute atomic E-state index is 0.142. The summed E-state index contributed by atoms with van der Waals surface area (Å²) in [6.45, 7) is 0.753. The number of ether oxygens (including phenoxy) is 1. The van der Waals surface area contributed by atoms with Crippen molar-refractivity contribution < 1.29 is 9.53 Å². The SMILES string of the molecule is O=C(Nc1ccc2c(c1)CCO2)C1CC2CCC1N2. The molecule has 1 aromatic rings. The van der Waals surface area contributed by atoms with Gasteiger partial charge in [-0.1, -0.05) is 0 Å². The second kappa shape index (κ2) is 4.23. The molecule has 0 aliphatic carbocycles. The second-order valence-corrected chi connectivity index (χ2v) is 5.80. The fourth-order valence-corrected chi connectivity index (χ4v) is 3.61. The standard InChI is InChI=1S/C15H18N2O2/c18-15(12-8-11-1-3-13(12)16-11)17-10-2-4-14-9(7-10)5-6-19-14/h2,4,7,11-13,16H,1,3,5-6,8H2,(H,17,18). The fraction of sp³-hybridized carbons (Fsp3) is 0.533. The van der Waals surface area contributed by atoms with Crippen molar-refractivity contribution in [2.45, 2.75) is 37.8 Å². The highest BCUT2D eigenvalue weighted by molar-refractivity contribution is 5.93. The van der Waals surface area contributed by atoms with E-state index in [0.29, 0.717) is 12.1 Å². The Bertz CT molecular complexity index is 529. The van der Waals surface area contributed by atoms with E-state index in [9.17, 15) is 4.79 Å². The Kier molecular flexibility index (Phi) is 2.52. The van der Waals surface area contributed by atoms with Crippen molar-refractivity contribution in [3.63, 3.8) is 0 Å². The molecule has 2 bridgehead atoms. The molecule has 2 fully saturated rings. The smallest absolute Gasteiger partial charge is 0.229 e. The first kappa shape index (κ1) is 11.3. The second-order valence-electron chi connectivity index (χ2n) is 5.80. The maximum atomic E-state index is 12.3. The maximum absolute atomic E-state index is 12.3. The predicted octanol–water partition coefficient (Wildman–Crippen LogP) is 1.70. The monoisotopic (exact) mass is 258 g/mol. The lowest BCUT2D eigenvalue weighted by atomic mass is 9.88. The summed E-state index contributed by atoms with van der Waals surface area (Å²) in [5, 5.41) is 6.57. The first-order chi connectivity index (χ1) is 9.29. The van der Waals surface area contributed by atoms with Gasteiger partial charge in [-0.3, -0.25) is 4.79 Å². The topological polar surface area (TPSA) is 50.4 Å². The zero-order chi connectivity index (χ0) is 12.8. The molecule has 3 aliphatic heterocycles. The van der Waals surface area contributed by atoms with Gasteiger partial charge in [0.25, 0.3) is 0 Å². The van der Waals surface area contributed by atoms with Crippen LogP contribution in [0.3, 0.4) is 0 Å². The lowest BCUT2D eigenvalue weighted by Crippen LogP contribution is -2.32. The average molecular weight is 258 g/mol. The third-order valence-corrected chi connectivity index (χ3v) is 4.59. The van der Waals surface area contributed by atoms with Gasteiger partial charge in [0.05, 0.1) is 12.5 Å². The van der Waals surface area contributed by atoms with Crippen molar-refractivity contribution in [3.8, 4) is 5.75 Å². The maximum Gasteiger partial charge on any atom is 0.229 e. The van der Waals surface area contributed by atoms with Gasteiger partial charge in [-0.15, -0.1) is 0 Å². The van der Waals surface area contributed by atoms with Crippen molar-refractivity contribution in [3.05, 3.63) is 23.8 Å². The van der Waals surface area contributed by atoms with Crippen LogP contribution in [0.5, 0.6) is 5.75 Å². The fourth-order valence-electron chi connectivity index (χ4n) is 3.61. The van der Waals surface area contributed by atoms with Crippen LogP contribution in [0, 0.1) is 5.92 Å². The van der Waals surface area contributed by atoms with Crippen molar-refractivity contribution >= 4 is 11.6 Å². The third-order valence-electron chi connectivity index (χ3n) is 4.59. The normalized spacial score (nSPS) is 31.1. The number of hydrogen-bond acceptors (Lipinski definition) is 3. The molecule has 100 valence electrons. The van der Waals surface area contributed by atoms with Gasteiger partial charge in [0.1, 0.15) is 5.75 Å². The molecule has 3 heterocycles. The van der Waals surface area contributed by atoms with Gasteiger partial charge in [0, 0.05) is 24.2 Å². The minimum Gasteiger partial charge on any atom is -0.493 e. The molecule has 1 aromatic carbocycles. The van der Waals surface area contributed by atoms with Gasteiger partial charge in [0.15, 0.2) is 0 Å². The molecule has 4 heteroatoms. The van der Waals surface area contributed by atoms with Gasteiger partial charge in [0.2, 0.25) is 5.91 Å². The lowest BCUT2D eigenvalue weighted by molar-refractivity contribution is -0.120. The highest BCUT2D eigenvalue weighted by Gasteiger charge is 2.42. The summed E-state index contributed by atoms with van der Waals surface area (Å²) >= 11 is 0. The van der Waals surface area contributed by atoms with E-state index >= 15 is 0 Å². The molecule has 0 saturated carbocycles. The Labute approximate surface area is 112 Å². The van der Waals surface area contributed by atoms with Crippen molar-refractivity contribution in [1.82, 2.24) is 5.32 Å². The molecule has 4 rings (SSSR count). The van der Waals surface area contributed by atoms with Crippen LogP contribution < -0.4 is 15.4 Å². The zero-order valence-corrected chi connectivity index (χ0v) is 10.8. The molecule has 2 N–H and O–H groups in total. The highest BCUT2D eigenvalue weighted by Crippen LogP contribution is 2.34. The van der Waals surface area contributed by atoms with Crippen LogP contribution in [0.1, 0.15) is 24.8 Å². The summed E-state index contributed by atoms with van der Waals surface area (Å²) in [6.07, 6.45) is 4.30. The van der Waals surface area contributed by atoms with Crippen LogP contribution in [0.25, 0.3) is 0 Å². The summed E-state index contributed by atoms with van der Waals surface area (Å²) in [6, 6.07) is 6.89. The molecule has 0 spiro atoms. The van der Waals surface area contributed by atoms with Crippen LogP contribution in [0.15, 0.2) is 18.2 Å². The Balaban J connectivity index is 1.48. The van der Waals surface area contributed by atoms with Crippen LogP contribution in [-0.4, -0.2) is 24.6 Å². The Morgan fingerprint density at radius 2 is 2.32 bits per heavy atom. The van der Waals surface area contributed by atoms with E-state index in [2.05, 4.69) is 10.6 Å². The van der Waals surface area contributed by atoms with Crippen LogP contribution in [0.2, 0.25) is 0 Å². The lowest BCUT2D eigenvalue weighted by Gasteiger charge is -2.19. The van der Waals surface area contributed by atoms with E-state index in [1.807, 2.05) is 18.2 Å². The summed E-state index contributed by atoms with van der Waals surface area (Å²) in [4.78, 5) is 12.3. The molecule has 2 saturated heterocycles. The summed E-state index contributed by atoms with van der Waals surface area (Å²) in [5.74, 6) is 1.27. The van der Waals surface area contributed by atoms with Gasteiger partial charge >= 0.3 is 0 Å². The van der Waals surface area contributed by atoms with Gasteiger partial charge in [-0.2, -0.15) is 0 Å². The number of nitrogens with one attached hydrogen (secondary N) is 2. The van der Waals surface area contributed by atoms with E-state index in [1.165, 1.54) is 12.0 Å². The van der Waals surface area contributed by atoms with E-state index in [4.69, 9.17) is 4.74 Å².